The maximum atomic E-state index is 12.5. The van der Waals surface area contributed by atoms with Crippen LogP contribution in [0.3, 0.4) is 0 Å². The SMILES string of the molecule is NC(=O)Nc1ccc(NC(=O)c2ccc(NCc3ccccc3)c([N+](=O)[O-])c2)cc1. The van der Waals surface area contributed by atoms with Gasteiger partial charge in [-0.3, -0.25) is 14.9 Å². The summed E-state index contributed by atoms with van der Waals surface area (Å²) in [5.41, 5.74) is 7.23. The van der Waals surface area contributed by atoms with Crippen molar-refractivity contribution in [1.82, 2.24) is 0 Å². The van der Waals surface area contributed by atoms with Gasteiger partial charge in [-0.1, -0.05) is 30.3 Å². The molecule has 0 fully saturated rings. The number of carbonyl (C=O) groups excluding carboxylic acids is 2. The number of nitrogens with one attached hydrogen (secondary N) is 3. The minimum Gasteiger partial charge on any atom is -0.375 e. The summed E-state index contributed by atoms with van der Waals surface area (Å²) in [5.74, 6) is -0.497. The van der Waals surface area contributed by atoms with Gasteiger partial charge in [0.2, 0.25) is 0 Å². The maximum Gasteiger partial charge on any atom is 0.316 e. The molecule has 3 aromatic carbocycles. The van der Waals surface area contributed by atoms with Gasteiger partial charge in [-0.15, -0.1) is 0 Å². The Morgan fingerprint density at radius 2 is 1.53 bits per heavy atom. The van der Waals surface area contributed by atoms with E-state index in [4.69, 9.17) is 5.73 Å². The molecule has 0 unspecified atom stereocenters. The van der Waals surface area contributed by atoms with Gasteiger partial charge in [0.15, 0.2) is 0 Å². The molecule has 0 atom stereocenters. The summed E-state index contributed by atoms with van der Waals surface area (Å²) in [6.45, 7) is 0.416. The highest BCUT2D eigenvalue weighted by atomic mass is 16.6. The lowest BCUT2D eigenvalue weighted by molar-refractivity contribution is -0.384. The highest BCUT2D eigenvalue weighted by Gasteiger charge is 2.17. The first-order valence-electron chi connectivity index (χ1n) is 8.96. The highest BCUT2D eigenvalue weighted by Crippen LogP contribution is 2.27. The molecule has 5 N–H and O–H groups in total. The summed E-state index contributed by atoms with van der Waals surface area (Å²) < 4.78 is 0. The van der Waals surface area contributed by atoms with Crippen LogP contribution in [-0.4, -0.2) is 16.9 Å². The zero-order valence-electron chi connectivity index (χ0n) is 15.8. The Kier molecular flexibility index (Phi) is 6.23. The zero-order chi connectivity index (χ0) is 21.5. The van der Waals surface area contributed by atoms with Crippen LogP contribution in [-0.2, 0) is 6.54 Å². The Labute approximate surface area is 172 Å². The van der Waals surface area contributed by atoms with E-state index in [0.29, 0.717) is 23.6 Å². The number of carbonyl (C=O) groups is 2. The molecule has 0 spiro atoms. The Morgan fingerprint density at radius 3 is 2.13 bits per heavy atom. The lowest BCUT2D eigenvalue weighted by Gasteiger charge is -2.10. The quantitative estimate of drug-likeness (QED) is 0.348. The standard InChI is InChI=1S/C21H19N5O4/c22-21(28)25-17-9-7-16(8-10-17)24-20(27)15-6-11-18(19(12-15)26(29)30)23-13-14-4-2-1-3-5-14/h1-12,23H,13H2,(H,24,27)(H3,22,25,28). The summed E-state index contributed by atoms with van der Waals surface area (Å²) >= 11 is 0. The summed E-state index contributed by atoms with van der Waals surface area (Å²) in [6.07, 6.45) is 0. The summed E-state index contributed by atoms with van der Waals surface area (Å²) in [6, 6.07) is 19.3. The van der Waals surface area contributed by atoms with Gasteiger partial charge in [0, 0.05) is 29.5 Å². The molecule has 3 amide bonds. The number of hydrogen-bond acceptors (Lipinski definition) is 5. The summed E-state index contributed by atoms with van der Waals surface area (Å²) in [4.78, 5) is 34.3. The lowest BCUT2D eigenvalue weighted by atomic mass is 10.1. The van der Waals surface area contributed by atoms with E-state index in [1.54, 1.807) is 24.3 Å². The van der Waals surface area contributed by atoms with E-state index < -0.39 is 16.9 Å². The first-order chi connectivity index (χ1) is 14.4. The van der Waals surface area contributed by atoms with Crippen LogP contribution in [0, 0.1) is 10.1 Å². The van der Waals surface area contributed by atoms with Crippen LogP contribution >= 0.6 is 0 Å². The number of rotatable bonds is 7. The van der Waals surface area contributed by atoms with Crippen LogP contribution in [0.5, 0.6) is 0 Å². The second-order valence-corrected chi connectivity index (χ2v) is 6.35. The number of nitrogens with zero attached hydrogens (tertiary/aromatic N) is 1. The van der Waals surface area contributed by atoms with Gasteiger partial charge >= 0.3 is 6.03 Å². The molecule has 0 heterocycles. The summed E-state index contributed by atoms with van der Waals surface area (Å²) in [7, 11) is 0. The number of nitro groups is 1. The Balaban J connectivity index is 1.72. The first kappa shape index (κ1) is 20.3. The molecule has 0 bridgehead atoms. The molecule has 9 heteroatoms. The average molecular weight is 405 g/mol. The van der Waals surface area contributed by atoms with Crippen LogP contribution in [0.4, 0.5) is 27.5 Å². The molecule has 30 heavy (non-hydrogen) atoms. The molecule has 3 rings (SSSR count). The minimum atomic E-state index is -0.694. The Morgan fingerprint density at radius 1 is 0.900 bits per heavy atom. The van der Waals surface area contributed by atoms with Gasteiger partial charge < -0.3 is 21.7 Å². The number of amides is 3. The second-order valence-electron chi connectivity index (χ2n) is 6.35. The van der Waals surface area contributed by atoms with E-state index in [2.05, 4.69) is 16.0 Å². The van der Waals surface area contributed by atoms with E-state index in [1.165, 1.54) is 18.2 Å². The minimum absolute atomic E-state index is 0.145. The third kappa shape index (κ3) is 5.32. The van der Waals surface area contributed by atoms with Crippen molar-refractivity contribution in [3.05, 3.63) is 94.0 Å². The van der Waals surface area contributed by atoms with E-state index in [9.17, 15) is 19.7 Å². The smallest absolute Gasteiger partial charge is 0.316 e. The number of anilines is 3. The zero-order valence-corrected chi connectivity index (χ0v) is 15.8. The first-order valence-corrected chi connectivity index (χ1v) is 8.96. The van der Waals surface area contributed by atoms with E-state index in [0.717, 1.165) is 5.56 Å². The third-order valence-corrected chi connectivity index (χ3v) is 4.19. The van der Waals surface area contributed by atoms with Crippen molar-refractivity contribution in [1.29, 1.82) is 0 Å². The number of hydrogen-bond donors (Lipinski definition) is 4. The van der Waals surface area contributed by atoms with Crippen molar-refractivity contribution in [2.24, 2.45) is 5.73 Å². The number of nitrogens with two attached hydrogens (primary N) is 1. The molecule has 0 saturated carbocycles. The second kappa shape index (κ2) is 9.20. The van der Waals surface area contributed by atoms with Crippen molar-refractivity contribution >= 4 is 34.7 Å². The molecule has 0 aliphatic carbocycles. The van der Waals surface area contributed by atoms with Crippen LogP contribution in [0.1, 0.15) is 15.9 Å². The van der Waals surface area contributed by atoms with Crippen LogP contribution in [0.15, 0.2) is 72.8 Å². The van der Waals surface area contributed by atoms with Crippen molar-refractivity contribution < 1.29 is 14.5 Å². The van der Waals surface area contributed by atoms with Gasteiger partial charge in [-0.05, 0) is 42.0 Å². The van der Waals surface area contributed by atoms with Gasteiger partial charge in [-0.25, -0.2) is 4.79 Å². The number of primary amides is 1. The number of nitro benzene ring substituents is 1. The monoisotopic (exact) mass is 405 g/mol. The predicted octanol–water partition coefficient (Wildman–Crippen LogP) is 3.95. The fraction of sp³-hybridized carbons (Fsp3) is 0.0476. The van der Waals surface area contributed by atoms with Crippen molar-refractivity contribution in [2.45, 2.75) is 6.54 Å². The van der Waals surface area contributed by atoms with E-state index >= 15 is 0 Å². The average Bonchev–Trinajstić information content (AvgIpc) is 2.74. The Bertz CT molecular complexity index is 1070. The molecule has 0 radical (unpaired) electrons. The van der Waals surface area contributed by atoms with E-state index in [-0.39, 0.29) is 11.3 Å². The number of benzene rings is 3. The lowest BCUT2D eigenvalue weighted by Crippen LogP contribution is -2.19. The number of urea groups is 1. The molecule has 0 aromatic heterocycles. The molecule has 0 saturated heterocycles. The molecule has 0 aliphatic rings. The molecular formula is C21H19N5O4. The van der Waals surface area contributed by atoms with Crippen molar-refractivity contribution in [3.63, 3.8) is 0 Å². The van der Waals surface area contributed by atoms with Gasteiger partial charge in [0.25, 0.3) is 11.6 Å². The fourth-order valence-corrected chi connectivity index (χ4v) is 2.75. The topological polar surface area (TPSA) is 139 Å². The maximum absolute atomic E-state index is 12.5. The van der Waals surface area contributed by atoms with E-state index in [1.807, 2.05) is 30.3 Å². The third-order valence-electron chi connectivity index (χ3n) is 4.19. The largest absolute Gasteiger partial charge is 0.375 e. The summed E-state index contributed by atoms with van der Waals surface area (Å²) in [5, 5.41) is 19.6. The van der Waals surface area contributed by atoms with Gasteiger partial charge in [0.1, 0.15) is 5.69 Å². The normalized spacial score (nSPS) is 10.1. The molecule has 152 valence electrons. The predicted molar refractivity (Wildman–Crippen MR) is 114 cm³/mol. The highest BCUT2D eigenvalue weighted by molar-refractivity contribution is 6.05. The molecule has 9 nitrogen and oxygen atoms in total. The molecule has 0 aliphatic heterocycles. The van der Waals surface area contributed by atoms with Crippen LogP contribution in [0.2, 0.25) is 0 Å². The van der Waals surface area contributed by atoms with Crippen LogP contribution in [0.25, 0.3) is 0 Å². The van der Waals surface area contributed by atoms with Crippen molar-refractivity contribution in [2.75, 3.05) is 16.0 Å². The fourth-order valence-electron chi connectivity index (χ4n) is 2.75. The molecule has 3 aromatic rings. The van der Waals surface area contributed by atoms with Crippen LogP contribution < -0.4 is 21.7 Å². The van der Waals surface area contributed by atoms with Gasteiger partial charge in [0.05, 0.1) is 4.92 Å². The van der Waals surface area contributed by atoms with Gasteiger partial charge in [-0.2, -0.15) is 0 Å². The molecular weight excluding hydrogens is 386 g/mol. The Hall–Kier alpha value is -4.40. The van der Waals surface area contributed by atoms with Crippen molar-refractivity contribution in [3.8, 4) is 0 Å².